The van der Waals surface area contributed by atoms with Gasteiger partial charge in [0.2, 0.25) is 11.8 Å². The van der Waals surface area contributed by atoms with Crippen LogP contribution in [0.1, 0.15) is 27.7 Å². The molecule has 0 saturated heterocycles. The molecule has 2 amide bonds. The van der Waals surface area contributed by atoms with Gasteiger partial charge in [-0.05, 0) is 27.7 Å². The largest absolute Gasteiger partial charge is 0.355 e. The van der Waals surface area contributed by atoms with Crippen molar-refractivity contribution in [3.8, 4) is 0 Å². The number of rotatable bonds is 5. The molecule has 5 heteroatoms. The minimum atomic E-state index is -0.130. The molecule has 2 N–H and O–H groups in total. The Balaban J connectivity index is 3.95. The van der Waals surface area contributed by atoms with Gasteiger partial charge in [-0.2, -0.15) is 0 Å². The monoisotopic (exact) mass is 229 g/mol. The standard InChI is InChI=1S/C11H23N3O2/c1-6-12-9(15)8-14(5)10(16)7-13-11(2,3)4/h13H,6-8H2,1-5H3,(H,12,15). The Hall–Kier alpha value is -1.10. The van der Waals surface area contributed by atoms with Crippen molar-refractivity contribution >= 4 is 11.8 Å². The summed E-state index contributed by atoms with van der Waals surface area (Å²) in [6.07, 6.45) is 0. The zero-order valence-electron chi connectivity index (χ0n) is 10.9. The Bertz CT molecular complexity index is 246. The summed E-state index contributed by atoms with van der Waals surface area (Å²) in [7, 11) is 1.63. The van der Waals surface area contributed by atoms with Crippen LogP contribution in [0.25, 0.3) is 0 Å². The van der Waals surface area contributed by atoms with E-state index >= 15 is 0 Å². The molecule has 0 aromatic heterocycles. The van der Waals surface area contributed by atoms with E-state index in [0.717, 1.165) is 0 Å². The van der Waals surface area contributed by atoms with E-state index in [1.807, 2.05) is 27.7 Å². The lowest BCUT2D eigenvalue weighted by atomic mass is 10.1. The summed E-state index contributed by atoms with van der Waals surface area (Å²) in [5.41, 5.74) is -0.0951. The van der Waals surface area contributed by atoms with Crippen molar-refractivity contribution in [2.75, 3.05) is 26.7 Å². The predicted octanol–water partition coefficient (Wildman–Crippen LogP) is -0.0310. The summed E-state index contributed by atoms with van der Waals surface area (Å²) in [4.78, 5) is 24.3. The molecule has 0 rings (SSSR count). The number of nitrogens with one attached hydrogen (secondary N) is 2. The SMILES string of the molecule is CCNC(=O)CN(C)C(=O)CNC(C)(C)C. The van der Waals surface area contributed by atoms with Gasteiger partial charge in [0.15, 0.2) is 0 Å². The number of nitrogens with zero attached hydrogens (tertiary/aromatic N) is 1. The molecule has 0 spiro atoms. The molecule has 16 heavy (non-hydrogen) atoms. The first-order valence-electron chi connectivity index (χ1n) is 5.52. The molecule has 0 heterocycles. The third-order valence-electron chi connectivity index (χ3n) is 1.95. The van der Waals surface area contributed by atoms with Crippen LogP contribution in [0.5, 0.6) is 0 Å². The van der Waals surface area contributed by atoms with Gasteiger partial charge in [0.1, 0.15) is 0 Å². The molecular weight excluding hydrogens is 206 g/mol. The van der Waals surface area contributed by atoms with E-state index in [1.54, 1.807) is 7.05 Å². The second-order valence-electron chi connectivity index (χ2n) is 4.81. The minimum absolute atomic E-state index is 0.0822. The number of carbonyl (C=O) groups excluding carboxylic acids is 2. The second kappa shape index (κ2) is 6.48. The summed E-state index contributed by atoms with van der Waals surface area (Å²) in [5, 5.41) is 5.74. The van der Waals surface area contributed by atoms with Gasteiger partial charge in [-0.3, -0.25) is 9.59 Å². The lowest BCUT2D eigenvalue weighted by molar-refractivity contribution is -0.134. The van der Waals surface area contributed by atoms with E-state index < -0.39 is 0 Å². The summed E-state index contributed by atoms with van der Waals surface area (Å²) in [5.74, 6) is -0.213. The van der Waals surface area contributed by atoms with Crippen molar-refractivity contribution < 1.29 is 9.59 Å². The van der Waals surface area contributed by atoms with Crippen molar-refractivity contribution in [3.05, 3.63) is 0 Å². The Morgan fingerprint density at radius 2 is 1.81 bits per heavy atom. The molecule has 0 aliphatic heterocycles. The molecule has 94 valence electrons. The zero-order valence-corrected chi connectivity index (χ0v) is 10.9. The molecular formula is C11H23N3O2. The maximum Gasteiger partial charge on any atom is 0.239 e. The third kappa shape index (κ3) is 7.23. The first kappa shape index (κ1) is 14.9. The summed E-state index contributed by atoms with van der Waals surface area (Å²) >= 11 is 0. The molecule has 0 fully saturated rings. The lowest BCUT2D eigenvalue weighted by Crippen LogP contribution is -2.46. The zero-order chi connectivity index (χ0) is 12.8. The van der Waals surface area contributed by atoms with Crippen LogP contribution >= 0.6 is 0 Å². The molecule has 0 aliphatic carbocycles. The van der Waals surface area contributed by atoms with Gasteiger partial charge in [0.05, 0.1) is 13.1 Å². The van der Waals surface area contributed by atoms with Gasteiger partial charge < -0.3 is 15.5 Å². The van der Waals surface area contributed by atoms with E-state index in [-0.39, 0.29) is 30.4 Å². The molecule has 0 bridgehead atoms. The molecule has 0 aromatic rings. The third-order valence-corrected chi connectivity index (χ3v) is 1.95. The van der Waals surface area contributed by atoms with Crippen LogP contribution in [0.3, 0.4) is 0 Å². The van der Waals surface area contributed by atoms with E-state index in [2.05, 4.69) is 10.6 Å². The smallest absolute Gasteiger partial charge is 0.239 e. The molecule has 5 nitrogen and oxygen atoms in total. The van der Waals surface area contributed by atoms with Crippen molar-refractivity contribution in [2.45, 2.75) is 33.2 Å². The minimum Gasteiger partial charge on any atom is -0.355 e. The number of hydrogen-bond acceptors (Lipinski definition) is 3. The van der Waals surface area contributed by atoms with Crippen LogP contribution in [-0.4, -0.2) is 48.9 Å². The fourth-order valence-corrected chi connectivity index (χ4v) is 1.03. The van der Waals surface area contributed by atoms with Crippen molar-refractivity contribution in [2.24, 2.45) is 0 Å². The first-order valence-corrected chi connectivity index (χ1v) is 5.52. The summed E-state index contributed by atoms with van der Waals surface area (Å²) in [6.45, 7) is 8.76. The fourth-order valence-electron chi connectivity index (χ4n) is 1.03. The average Bonchev–Trinajstić information content (AvgIpc) is 2.13. The second-order valence-corrected chi connectivity index (χ2v) is 4.81. The van der Waals surface area contributed by atoms with Gasteiger partial charge in [0.25, 0.3) is 0 Å². The van der Waals surface area contributed by atoms with Crippen LogP contribution in [0, 0.1) is 0 Å². The first-order chi connectivity index (χ1) is 7.26. The fraction of sp³-hybridized carbons (Fsp3) is 0.818. The normalized spacial score (nSPS) is 11.1. The van der Waals surface area contributed by atoms with Crippen LogP contribution in [-0.2, 0) is 9.59 Å². The average molecular weight is 229 g/mol. The van der Waals surface area contributed by atoms with E-state index in [9.17, 15) is 9.59 Å². The van der Waals surface area contributed by atoms with E-state index in [4.69, 9.17) is 0 Å². The number of amides is 2. The van der Waals surface area contributed by atoms with E-state index in [1.165, 1.54) is 4.90 Å². The quantitative estimate of drug-likeness (QED) is 0.696. The molecule has 0 radical (unpaired) electrons. The topological polar surface area (TPSA) is 61.4 Å². The number of carbonyl (C=O) groups is 2. The highest BCUT2D eigenvalue weighted by Crippen LogP contribution is 1.97. The molecule has 0 aromatic carbocycles. The van der Waals surface area contributed by atoms with Crippen LogP contribution < -0.4 is 10.6 Å². The summed E-state index contributed by atoms with van der Waals surface area (Å²) < 4.78 is 0. The molecule has 0 saturated carbocycles. The highest BCUT2D eigenvalue weighted by molar-refractivity contribution is 5.85. The number of hydrogen-bond donors (Lipinski definition) is 2. The summed E-state index contributed by atoms with van der Waals surface area (Å²) in [6, 6.07) is 0. The van der Waals surface area contributed by atoms with Gasteiger partial charge in [-0.25, -0.2) is 0 Å². The lowest BCUT2D eigenvalue weighted by Gasteiger charge is -2.23. The Labute approximate surface area is 97.6 Å². The highest BCUT2D eigenvalue weighted by Gasteiger charge is 2.15. The maximum absolute atomic E-state index is 11.6. The van der Waals surface area contributed by atoms with Crippen LogP contribution in [0.15, 0.2) is 0 Å². The number of likely N-dealkylation sites (N-methyl/N-ethyl adjacent to an activating group) is 2. The predicted molar refractivity (Wildman–Crippen MR) is 64.1 cm³/mol. The van der Waals surface area contributed by atoms with Gasteiger partial charge in [-0.1, -0.05) is 0 Å². The van der Waals surface area contributed by atoms with E-state index in [0.29, 0.717) is 6.54 Å². The van der Waals surface area contributed by atoms with Gasteiger partial charge >= 0.3 is 0 Å². The van der Waals surface area contributed by atoms with Crippen LogP contribution in [0.4, 0.5) is 0 Å². The molecule has 0 aliphatic rings. The Kier molecular flexibility index (Phi) is 6.03. The Morgan fingerprint density at radius 3 is 2.25 bits per heavy atom. The Morgan fingerprint density at radius 1 is 1.25 bits per heavy atom. The van der Waals surface area contributed by atoms with Gasteiger partial charge in [-0.15, -0.1) is 0 Å². The van der Waals surface area contributed by atoms with Crippen LogP contribution in [0.2, 0.25) is 0 Å². The maximum atomic E-state index is 11.6. The van der Waals surface area contributed by atoms with Crippen molar-refractivity contribution in [1.29, 1.82) is 0 Å². The highest BCUT2D eigenvalue weighted by atomic mass is 16.2. The molecule has 0 atom stereocenters. The van der Waals surface area contributed by atoms with Gasteiger partial charge in [0, 0.05) is 19.1 Å². The van der Waals surface area contributed by atoms with Crippen molar-refractivity contribution in [3.63, 3.8) is 0 Å². The van der Waals surface area contributed by atoms with Crippen molar-refractivity contribution in [1.82, 2.24) is 15.5 Å². The molecule has 0 unspecified atom stereocenters.